The van der Waals surface area contributed by atoms with Crippen molar-refractivity contribution in [3.8, 4) is 5.75 Å². The second-order valence-electron chi connectivity index (χ2n) is 5.52. The lowest BCUT2D eigenvalue weighted by atomic mass is 10.1. The fourth-order valence-electron chi connectivity index (χ4n) is 1.53. The molecule has 0 unspecified atom stereocenters. The fraction of sp³-hybridized carbons (Fsp3) is 0.500. The first kappa shape index (κ1) is 18.1. The largest absolute Gasteiger partial charge is 0.573 e. The second kappa shape index (κ2) is 6.87. The van der Waals surface area contributed by atoms with Crippen LogP contribution in [0.15, 0.2) is 24.3 Å². The molecule has 8 heteroatoms. The van der Waals surface area contributed by atoms with Gasteiger partial charge in [0.15, 0.2) is 0 Å². The first-order chi connectivity index (χ1) is 9.96. The summed E-state index contributed by atoms with van der Waals surface area (Å²) in [6, 6.07) is 4.90. The molecule has 0 saturated heterocycles. The maximum atomic E-state index is 12.1. The molecule has 1 aromatic rings. The van der Waals surface area contributed by atoms with Crippen molar-refractivity contribution in [2.75, 3.05) is 6.54 Å². The summed E-state index contributed by atoms with van der Waals surface area (Å²) in [7, 11) is 0. The van der Waals surface area contributed by atoms with Gasteiger partial charge >= 0.3 is 12.5 Å². The van der Waals surface area contributed by atoms with Gasteiger partial charge in [-0.2, -0.15) is 0 Å². The molecule has 1 rings (SSSR count). The van der Waals surface area contributed by atoms with E-state index >= 15 is 0 Å². The number of alkyl carbamates (subject to hydrolysis) is 1. The minimum Gasteiger partial charge on any atom is -0.444 e. The average molecular weight is 321 g/mol. The van der Waals surface area contributed by atoms with Crippen LogP contribution in [0.1, 0.15) is 32.4 Å². The van der Waals surface area contributed by atoms with Crippen molar-refractivity contribution in [1.29, 1.82) is 0 Å². The number of amides is 1. The van der Waals surface area contributed by atoms with E-state index < -0.39 is 29.9 Å². The average Bonchev–Trinajstić information content (AvgIpc) is 2.32. The third-order valence-electron chi connectivity index (χ3n) is 2.32. The zero-order chi connectivity index (χ0) is 17.0. The number of rotatable bonds is 4. The summed E-state index contributed by atoms with van der Waals surface area (Å²) in [4.78, 5) is 11.4. The van der Waals surface area contributed by atoms with Gasteiger partial charge < -0.3 is 19.9 Å². The molecule has 0 aliphatic rings. The molecule has 0 radical (unpaired) electrons. The maximum absolute atomic E-state index is 12.1. The van der Waals surface area contributed by atoms with Gasteiger partial charge in [-0.1, -0.05) is 12.1 Å². The monoisotopic (exact) mass is 321 g/mol. The van der Waals surface area contributed by atoms with Gasteiger partial charge in [0.05, 0.1) is 12.6 Å². The van der Waals surface area contributed by atoms with Crippen LogP contribution >= 0.6 is 0 Å². The molecule has 1 amide bonds. The van der Waals surface area contributed by atoms with E-state index in [0.717, 1.165) is 12.1 Å². The zero-order valence-corrected chi connectivity index (χ0v) is 12.4. The van der Waals surface area contributed by atoms with Crippen molar-refractivity contribution >= 4 is 6.09 Å². The molecule has 1 atom stereocenters. The molecule has 2 N–H and O–H groups in total. The fourth-order valence-corrected chi connectivity index (χ4v) is 1.53. The van der Waals surface area contributed by atoms with Crippen LogP contribution in [0.5, 0.6) is 5.75 Å². The lowest BCUT2D eigenvalue weighted by Crippen LogP contribution is -2.34. The van der Waals surface area contributed by atoms with Gasteiger partial charge in [-0.3, -0.25) is 0 Å². The third-order valence-corrected chi connectivity index (χ3v) is 2.32. The Kier molecular flexibility index (Phi) is 5.65. The number of halogens is 3. The van der Waals surface area contributed by atoms with Gasteiger partial charge in [0.2, 0.25) is 0 Å². The van der Waals surface area contributed by atoms with Crippen molar-refractivity contribution < 1.29 is 32.5 Å². The Morgan fingerprint density at radius 3 is 2.50 bits per heavy atom. The lowest BCUT2D eigenvalue weighted by molar-refractivity contribution is -0.274. The van der Waals surface area contributed by atoms with E-state index in [0.29, 0.717) is 0 Å². The number of carbonyl (C=O) groups excluding carboxylic acids is 1. The standard InChI is InChI=1S/C14H18F3NO4/c1-13(2,3)22-12(20)18-8-11(19)9-5-4-6-10(7-9)21-14(15,16)17/h4-7,11,19H,8H2,1-3H3,(H,18,20)/t11-/m1/s1. The predicted molar refractivity (Wildman–Crippen MR) is 72.3 cm³/mol. The van der Waals surface area contributed by atoms with Crippen LogP contribution in [-0.4, -0.2) is 29.7 Å². The Morgan fingerprint density at radius 2 is 1.95 bits per heavy atom. The number of benzene rings is 1. The lowest BCUT2D eigenvalue weighted by Gasteiger charge is -2.20. The normalized spacial score (nSPS) is 13.4. The summed E-state index contributed by atoms with van der Waals surface area (Å²) in [6.07, 6.45) is -6.73. The van der Waals surface area contributed by atoms with Crippen molar-refractivity contribution in [1.82, 2.24) is 5.32 Å². The molecule has 0 aromatic heterocycles. The van der Waals surface area contributed by atoms with Crippen LogP contribution in [0.25, 0.3) is 0 Å². The number of hydrogen-bond donors (Lipinski definition) is 2. The zero-order valence-electron chi connectivity index (χ0n) is 12.4. The first-order valence-corrected chi connectivity index (χ1v) is 6.47. The Hall–Kier alpha value is -1.96. The van der Waals surface area contributed by atoms with Crippen LogP contribution in [-0.2, 0) is 4.74 Å². The van der Waals surface area contributed by atoms with Crippen LogP contribution in [0, 0.1) is 0 Å². The van der Waals surface area contributed by atoms with Gasteiger partial charge in [0.25, 0.3) is 0 Å². The highest BCUT2D eigenvalue weighted by molar-refractivity contribution is 5.67. The number of alkyl halides is 3. The highest BCUT2D eigenvalue weighted by atomic mass is 19.4. The minimum atomic E-state index is -4.81. The van der Waals surface area contributed by atoms with Gasteiger partial charge in [-0.15, -0.1) is 13.2 Å². The van der Waals surface area contributed by atoms with Crippen molar-refractivity contribution in [3.05, 3.63) is 29.8 Å². The summed E-state index contributed by atoms with van der Waals surface area (Å²) in [6.45, 7) is 4.84. The van der Waals surface area contributed by atoms with Crippen molar-refractivity contribution in [3.63, 3.8) is 0 Å². The Labute approximate surface area is 126 Å². The quantitative estimate of drug-likeness (QED) is 0.894. The summed E-state index contributed by atoms with van der Waals surface area (Å²) in [5, 5.41) is 12.2. The highest BCUT2D eigenvalue weighted by Crippen LogP contribution is 2.25. The molecule has 5 nitrogen and oxygen atoms in total. The topological polar surface area (TPSA) is 67.8 Å². The Bertz CT molecular complexity index is 512. The second-order valence-corrected chi connectivity index (χ2v) is 5.52. The van der Waals surface area contributed by atoms with Crippen LogP contribution in [0.2, 0.25) is 0 Å². The molecule has 0 bridgehead atoms. The summed E-state index contributed by atoms with van der Waals surface area (Å²) < 4.78 is 45.1. The molecule has 124 valence electrons. The molecule has 0 aliphatic carbocycles. The number of nitrogens with one attached hydrogen (secondary N) is 1. The van der Waals surface area contributed by atoms with Crippen LogP contribution < -0.4 is 10.1 Å². The SMILES string of the molecule is CC(C)(C)OC(=O)NC[C@@H](O)c1cccc(OC(F)(F)F)c1. The van der Waals surface area contributed by atoms with E-state index in [1.807, 2.05) is 0 Å². The van der Waals surface area contributed by atoms with E-state index in [9.17, 15) is 23.1 Å². The molecule has 0 saturated carbocycles. The van der Waals surface area contributed by atoms with E-state index in [1.165, 1.54) is 12.1 Å². The van der Waals surface area contributed by atoms with E-state index in [2.05, 4.69) is 10.1 Å². The maximum Gasteiger partial charge on any atom is 0.573 e. The van der Waals surface area contributed by atoms with Crippen LogP contribution in [0.3, 0.4) is 0 Å². The first-order valence-electron chi connectivity index (χ1n) is 6.47. The number of hydrogen-bond acceptors (Lipinski definition) is 4. The molecule has 0 fully saturated rings. The highest BCUT2D eigenvalue weighted by Gasteiger charge is 2.31. The molecular formula is C14H18F3NO4. The third kappa shape index (κ3) is 7.16. The van der Waals surface area contributed by atoms with E-state index in [-0.39, 0.29) is 12.1 Å². The number of aliphatic hydroxyl groups is 1. The Morgan fingerprint density at radius 1 is 1.32 bits per heavy atom. The predicted octanol–water partition coefficient (Wildman–Crippen LogP) is 3.14. The number of carbonyl (C=O) groups is 1. The molecule has 22 heavy (non-hydrogen) atoms. The summed E-state index contributed by atoms with van der Waals surface area (Å²) in [5.41, 5.74) is -0.506. The van der Waals surface area contributed by atoms with Crippen LogP contribution in [0.4, 0.5) is 18.0 Å². The molecule has 0 heterocycles. The molecular weight excluding hydrogens is 303 g/mol. The Balaban J connectivity index is 2.61. The summed E-state index contributed by atoms with van der Waals surface area (Å²) in [5.74, 6) is -0.443. The van der Waals surface area contributed by atoms with Gasteiger partial charge in [-0.05, 0) is 38.5 Å². The van der Waals surface area contributed by atoms with Gasteiger partial charge in [-0.25, -0.2) is 4.79 Å². The van der Waals surface area contributed by atoms with Crippen molar-refractivity contribution in [2.24, 2.45) is 0 Å². The molecule has 0 aliphatic heterocycles. The molecule has 0 spiro atoms. The van der Waals surface area contributed by atoms with Gasteiger partial charge in [0.1, 0.15) is 11.4 Å². The number of aliphatic hydroxyl groups excluding tert-OH is 1. The van der Waals surface area contributed by atoms with Crippen molar-refractivity contribution in [2.45, 2.75) is 38.8 Å². The van der Waals surface area contributed by atoms with E-state index in [1.54, 1.807) is 20.8 Å². The number of ether oxygens (including phenoxy) is 2. The van der Waals surface area contributed by atoms with E-state index in [4.69, 9.17) is 4.74 Å². The molecule has 1 aromatic carbocycles. The van der Waals surface area contributed by atoms with Gasteiger partial charge in [0, 0.05) is 0 Å². The minimum absolute atomic E-state index is 0.179. The smallest absolute Gasteiger partial charge is 0.444 e. The summed E-state index contributed by atoms with van der Waals surface area (Å²) >= 11 is 0.